The lowest BCUT2D eigenvalue weighted by Crippen LogP contribution is -1.90. The summed E-state index contributed by atoms with van der Waals surface area (Å²) in [6.07, 6.45) is 4.75. The fraction of sp³-hybridized carbons (Fsp3) is 0.333. The highest BCUT2D eigenvalue weighted by Crippen LogP contribution is 2.31. The molecule has 24 heavy (non-hydrogen) atoms. The summed E-state index contributed by atoms with van der Waals surface area (Å²) in [5, 5.41) is 0. The van der Waals surface area contributed by atoms with Crippen molar-refractivity contribution >= 4 is 0 Å². The molecule has 2 aliphatic carbocycles. The number of unbranched alkanes of at least 4 members (excludes halogenated alkanes) is 1. The minimum absolute atomic E-state index is 0.564. The normalized spacial score (nSPS) is 11.3. The third kappa shape index (κ3) is 3.87. The van der Waals surface area contributed by atoms with Crippen molar-refractivity contribution in [1.82, 2.24) is 0 Å². The van der Waals surface area contributed by atoms with Gasteiger partial charge in [-0.2, -0.15) is 0 Å². The molecule has 0 N–H and O–H groups in total. The molecule has 1 aromatic rings. The summed E-state index contributed by atoms with van der Waals surface area (Å²) in [7, 11) is 0. The number of benzene rings is 1. The zero-order valence-corrected chi connectivity index (χ0v) is 15.2. The maximum atomic E-state index is 2.34. The highest BCUT2D eigenvalue weighted by molar-refractivity contribution is 5.71. The van der Waals surface area contributed by atoms with Crippen LogP contribution in [0.1, 0.15) is 61.8 Å². The standard InChI is InChI=1S/C24H28/c1-4-5-7-19-10-12-20(13-11-19)16-22-14-15-23-17-21(18(2)3)8-6-9-24(22)23/h6,8-15,17-18H,4-5,7,16H2,1-3H3. The van der Waals surface area contributed by atoms with Gasteiger partial charge >= 0.3 is 0 Å². The molecule has 0 nitrogen and oxygen atoms in total. The SMILES string of the molecule is CCCCc1ccc(Cc2ccc3cc(C(C)C)cccc2-3)cc1. The van der Waals surface area contributed by atoms with Crippen molar-refractivity contribution in [2.45, 2.75) is 52.4 Å². The fourth-order valence-electron chi connectivity index (χ4n) is 3.31. The van der Waals surface area contributed by atoms with Crippen molar-refractivity contribution in [3.63, 3.8) is 0 Å². The Morgan fingerprint density at radius 3 is 2.29 bits per heavy atom. The van der Waals surface area contributed by atoms with Gasteiger partial charge in [0, 0.05) is 0 Å². The Morgan fingerprint density at radius 2 is 1.58 bits per heavy atom. The molecule has 0 aromatic heterocycles. The molecule has 0 unspecified atom stereocenters. The van der Waals surface area contributed by atoms with Crippen molar-refractivity contribution < 1.29 is 0 Å². The lowest BCUT2D eigenvalue weighted by atomic mass is 9.99. The number of fused-ring (bicyclic) bond motifs is 1. The van der Waals surface area contributed by atoms with Gasteiger partial charge in [0.1, 0.15) is 0 Å². The molecular weight excluding hydrogens is 288 g/mol. The molecule has 1 aromatic carbocycles. The second-order valence-corrected chi connectivity index (χ2v) is 7.15. The highest BCUT2D eigenvalue weighted by Gasteiger charge is 2.10. The average Bonchev–Trinajstić information content (AvgIpc) is 2.82. The predicted octanol–water partition coefficient (Wildman–Crippen LogP) is 6.85. The molecule has 0 spiro atoms. The molecule has 0 aliphatic heterocycles. The van der Waals surface area contributed by atoms with E-state index in [0.717, 1.165) is 6.42 Å². The van der Waals surface area contributed by atoms with Crippen molar-refractivity contribution in [2.24, 2.45) is 0 Å². The Kier molecular flexibility index (Phi) is 5.35. The molecule has 0 saturated heterocycles. The second kappa shape index (κ2) is 7.66. The van der Waals surface area contributed by atoms with Gasteiger partial charge in [-0.25, -0.2) is 0 Å². The van der Waals surface area contributed by atoms with E-state index in [9.17, 15) is 0 Å². The van der Waals surface area contributed by atoms with Crippen LogP contribution in [0.5, 0.6) is 0 Å². The van der Waals surface area contributed by atoms with Crippen molar-refractivity contribution in [3.8, 4) is 11.1 Å². The third-order valence-electron chi connectivity index (χ3n) is 4.90. The topological polar surface area (TPSA) is 0 Å². The summed E-state index contributed by atoms with van der Waals surface area (Å²) < 4.78 is 0. The van der Waals surface area contributed by atoms with Gasteiger partial charge in [-0.05, 0) is 58.6 Å². The molecular formula is C24H28. The molecule has 3 rings (SSSR count). The number of hydrogen-bond acceptors (Lipinski definition) is 0. The quantitative estimate of drug-likeness (QED) is 0.466. The largest absolute Gasteiger partial charge is 0.0654 e. The Labute approximate surface area is 146 Å². The molecule has 0 amide bonds. The van der Waals surface area contributed by atoms with E-state index in [0.29, 0.717) is 5.92 Å². The molecule has 0 fully saturated rings. The summed E-state index contributed by atoms with van der Waals surface area (Å²) in [5.74, 6) is 0.564. The predicted molar refractivity (Wildman–Crippen MR) is 105 cm³/mol. The lowest BCUT2D eigenvalue weighted by molar-refractivity contribution is 0.795. The van der Waals surface area contributed by atoms with Gasteiger partial charge in [-0.1, -0.05) is 87.9 Å². The first kappa shape index (κ1) is 16.8. The molecule has 0 atom stereocenters. The highest BCUT2D eigenvalue weighted by atomic mass is 14.1. The van der Waals surface area contributed by atoms with Gasteiger partial charge in [0.25, 0.3) is 0 Å². The molecule has 0 heterocycles. The Hall–Kier alpha value is -2.08. The minimum atomic E-state index is 0.564. The lowest BCUT2D eigenvalue weighted by Gasteiger charge is -2.05. The average molecular weight is 316 g/mol. The van der Waals surface area contributed by atoms with Gasteiger partial charge in [0.15, 0.2) is 0 Å². The van der Waals surface area contributed by atoms with Crippen LogP contribution in [0.2, 0.25) is 0 Å². The zero-order valence-electron chi connectivity index (χ0n) is 15.2. The molecule has 0 radical (unpaired) electrons. The summed E-state index contributed by atoms with van der Waals surface area (Å²) in [4.78, 5) is 0. The van der Waals surface area contributed by atoms with Crippen LogP contribution in [-0.2, 0) is 12.8 Å². The Morgan fingerprint density at radius 1 is 0.833 bits per heavy atom. The first-order valence-corrected chi connectivity index (χ1v) is 9.26. The van der Waals surface area contributed by atoms with Crippen LogP contribution in [0.25, 0.3) is 11.1 Å². The minimum Gasteiger partial charge on any atom is -0.0654 e. The van der Waals surface area contributed by atoms with Crippen LogP contribution >= 0.6 is 0 Å². The van der Waals surface area contributed by atoms with E-state index in [4.69, 9.17) is 0 Å². The summed E-state index contributed by atoms with van der Waals surface area (Å²) in [6.45, 7) is 6.76. The Bertz CT molecular complexity index is 749. The molecule has 0 heteroatoms. The van der Waals surface area contributed by atoms with E-state index in [1.165, 1.54) is 52.6 Å². The number of rotatable bonds is 6. The van der Waals surface area contributed by atoms with Gasteiger partial charge in [-0.3, -0.25) is 0 Å². The van der Waals surface area contributed by atoms with Crippen molar-refractivity contribution in [1.29, 1.82) is 0 Å². The number of hydrogen-bond donors (Lipinski definition) is 0. The van der Waals surface area contributed by atoms with E-state index in [-0.39, 0.29) is 0 Å². The van der Waals surface area contributed by atoms with Crippen LogP contribution in [-0.4, -0.2) is 0 Å². The van der Waals surface area contributed by atoms with Crippen LogP contribution in [0.3, 0.4) is 0 Å². The first-order valence-electron chi connectivity index (χ1n) is 9.26. The van der Waals surface area contributed by atoms with Gasteiger partial charge in [0.2, 0.25) is 0 Å². The maximum absolute atomic E-state index is 2.34. The monoisotopic (exact) mass is 316 g/mol. The molecule has 0 saturated carbocycles. The van der Waals surface area contributed by atoms with Crippen molar-refractivity contribution in [2.75, 3.05) is 0 Å². The fourth-order valence-corrected chi connectivity index (χ4v) is 3.31. The summed E-state index contributed by atoms with van der Waals surface area (Å²) in [5.41, 5.74) is 8.44. The van der Waals surface area contributed by atoms with E-state index in [1.54, 1.807) is 0 Å². The third-order valence-corrected chi connectivity index (χ3v) is 4.90. The van der Waals surface area contributed by atoms with Crippen LogP contribution in [0, 0.1) is 0 Å². The molecule has 2 aliphatic rings. The van der Waals surface area contributed by atoms with E-state index >= 15 is 0 Å². The van der Waals surface area contributed by atoms with E-state index in [1.807, 2.05) is 0 Å². The summed E-state index contributed by atoms with van der Waals surface area (Å²) in [6, 6.07) is 22.8. The first-order chi connectivity index (χ1) is 11.7. The van der Waals surface area contributed by atoms with Crippen LogP contribution in [0.15, 0.2) is 60.7 Å². The number of aryl methyl sites for hydroxylation is 1. The van der Waals surface area contributed by atoms with Crippen LogP contribution < -0.4 is 0 Å². The zero-order chi connectivity index (χ0) is 16.9. The van der Waals surface area contributed by atoms with E-state index in [2.05, 4.69) is 81.4 Å². The summed E-state index contributed by atoms with van der Waals surface area (Å²) >= 11 is 0. The molecule has 124 valence electrons. The van der Waals surface area contributed by atoms with Gasteiger partial charge in [-0.15, -0.1) is 0 Å². The Balaban J connectivity index is 1.79. The van der Waals surface area contributed by atoms with Crippen molar-refractivity contribution in [3.05, 3.63) is 82.9 Å². The molecule has 0 bridgehead atoms. The van der Waals surface area contributed by atoms with E-state index < -0.39 is 0 Å². The smallest absolute Gasteiger partial charge is 0.00196 e. The second-order valence-electron chi connectivity index (χ2n) is 7.15. The maximum Gasteiger partial charge on any atom is -0.00196 e. The van der Waals surface area contributed by atoms with Crippen LogP contribution in [0.4, 0.5) is 0 Å². The van der Waals surface area contributed by atoms with Gasteiger partial charge in [0.05, 0.1) is 0 Å². The van der Waals surface area contributed by atoms with Gasteiger partial charge < -0.3 is 0 Å².